The lowest BCUT2D eigenvalue weighted by Gasteiger charge is -2.33. The second kappa shape index (κ2) is 4.06. The Morgan fingerprint density at radius 2 is 2.18 bits per heavy atom. The summed E-state index contributed by atoms with van der Waals surface area (Å²) in [6, 6.07) is 3.57. The van der Waals surface area contributed by atoms with Crippen LogP contribution in [0.15, 0.2) is 12.1 Å². The van der Waals surface area contributed by atoms with Gasteiger partial charge in [-0.25, -0.2) is 0 Å². The normalized spacial score (nSPS) is 17.3. The van der Waals surface area contributed by atoms with Crippen LogP contribution >= 0.6 is 0 Å². The van der Waals surface area contributed by atoms with Crippen LogP contribution in [0.3, 0.4) is 0 Å². The summed E-state index contributed by atoms with van der Waals surface area (Å²) in [5.74, 6) is 1.48. The summed E-state index contributed by atoms with van der Waals surface area (Å²) in [6.07, 6.45) is 0.943. The van der Waals surface area contributed by atoms with Crippen LogP contribution in [-0.4, -0.2) is 18.5 Å². The zero-order valence-corrected chi connectivity index (χ0v) is 10.5. The highest BCUT2D eigenvalue weighted by Gasteiger charge is 2.34. The second-order valence-electron chi connectivity index (χ2n) is 4.83. The van der Waals surface area contributed by atoms with Gasteiger partial charge in [0.05, 0.1) is 19.1 Å². The average molecular weight is 233 g/mol. The van der Waals surface area contributed by atoms with E-state index in [1.165, 1.54) is 0 Å². The molecule has 1 heterocycles. The number of carbonyl (C=O) groups is 1. The summed E-state index contributed by atoms with van der Waals surface area (Å²) in [4.78, 5) is 12.0. The van der Waals surface area contributed by atoms with Crippen molar-refractivity contribution >= 4 is 5.78 Å². The molecule has 91 valence electrons. The van der Waals surface area contributed by atoms with Gasteiger partial charge in [-0.15, -0.1) is 0 Å². The molecule has 0 bridgehead atoms. The number of Topliss-reactive ketones (excluding diaryl/α,β-unsaturated/α-hetero) is 1. The van der Waals surface area contributed by atoms with Crippen molar-refractivity contribution in [3.05, 3.63) is 30.2 Å². The Labute approximate surface area is 102 Å². The van der Waals surface area contributed by atoms with Crippen LogP contribution < -0.4 is 9.47 Å². The first-order chi connectivity index (χ1) is 7.98. The molecule has 3 heteroatoms. The van der Waals surface area contributed by atoms with E-state index in [1.807, 2.05) is 13.8 Å². The largest absolute Gasteiger partial charge is 0.496 e. The van der Waals surface area contributed by atoms with Crippen molar-refractivity contribution in [3.63, 3.8) is 0 Å². The second-order valence-corrected chi connectivity index (χ2v) is 4.83. The molecule has 1 aromatic carbocycles. The number of methoxy groups -OCH3 is 1. The van der Waals surface area contributed by atoms with E-state index in [-0.39, 0.29) is 5.78 Å². The van der Waals surface area contributed by atoms with Gasteiger partial charge in [-0.1, -0.05) is 0 Å². The standard InChI is InChI=1S/C14H17O3/c1-5-9-12(16-4)7-6-10-11(15)8-14(2,3)17-13(9)10/h6-7H,1,5,8H2,2-4H3. The predicted molar refractivity (Wildman–Crippen MR) is 65.7 cm³/mol. The quantitative estimate of drug-likeness (QED) is 0.788. The maximum Gasteiger partial charge on any atom is 0.170 e. The molecule has 0 unspecified atom stereocenters. The summed E-state index contributed by atoms with van der Waals surface area (Å²) in [5, 5.41) is 0. The summed E-state index contributed by atoms with van der Waals surface area (Å²) in [5.41, 5.74) is 1.05. The van der Waals surface area contributed by atoms with Crippen molar-refractivity contribution in [2.75, 3.05) is 7.11 Å². The van der Waals surface area contributed by atoms with Crippen molar-refractivity contribution < 1.29 is 14.3 Å². The number of carbonyl (C=O) groups excluding carboxylic acids is 1. The molecule has 2 rings (SSSR count). The Morgan fingerprint density at radius 1 is 1.47 bits per heavy atom. The minimum Gasteiger partial charge on any atom is -0.496 e. The Hall–Kier alpha value is -1.51. The lowest BCUT2D eigenvalue weighted by Crippen LogP contribution is -2.36. The third-order valence-corrected chi connectivity index (χ3v) is 2.95. The van der Waals surface area contributed by atoms with E-state index in [0.29, 0.717) is 24.2 Å². The zero-order valence-electron chi connectivity index (χ0n) is 10.5. The van der Waals surface area contributed by atoms with Gasteiger partial charge in [-0.05, 0) is 39.3 Å². The molecule has 0 aromatic heterocycles. The van der Waals surface area contributed by atoms with E-state index >= 15 is 0 Å². The monoisotopic (exact) mass is 233 g/mol. The molecule has 1 aliphatic heterocycles. The molecular formula is C14H17O3. The SMILES string of the molecule is [CH2]Cc1c(OC)ccc2c1OC(C)(C)CC2=O. The van der Waals surface area contributed by atoms with Crippen LogP contribution in [0.1, 0.15) is 36.2 Å². The van der Waals surface area contributed by atoms with Gasteiger partial charge < -0.3 is 9.47 Å². The van der Waals surface area contributed by atoms with Crippen molar-refractivity contribution in [1.29, 1.82) is 0 Å². The third kappa shape index (κ3) is 2.02. The summed E-state index contributed by atoms with van der Waals surface area (Å²) in [7, 11) is 1.61. The molecule has 1 radical (unpaired) electrons. The number of fused-ring (bicyclic) bond motifs is 1. The van der Waals surface area contributed by atoms with Crippen LogP contribution in [0, 0.1) is 6.92 Å². The fraction of sp³-hybridized carbons (Fsp3) is 0.429. The lowest BCUT2D eigenvalue weighted by molar-refractivity contribution is 0.0613. The predicted octanol–water partition coefficient (Wildman–Crippen LogP) is 2.82. The highest BCUT2D eigenvalue weighted by Crippen LogP contribution is 2.40. The van der Waals surface area contributed by atoms with Crippen molar-refractivity contribution in [3.8, 4) is 11.5 Å². The van der Waals surface area contributed by atoms with E-state index in [9.17, 15) is 4.79 Å². The Bertz CT molecular complexity index is 461. The van der Waals surface area contributed by atoms with E-state index in [0.717, 1.165) is 11.3 Å². The number of ether oxygens (including phenoxy) is 2. The van der Waals surface area contributed by atoms with E-state index in [4.69, 9.17) is 9.47 Å². The zero-order chi connectivity index (χ0) is 12.6. The van der Waals surface area contributed by atoms with Crippen molar-refractivity contribution in [2.24, 2.45) is 0 Å². The minimum absolute atomic E-state index is 0.119. The number of hydrogen-bond acceptors (Lipinski definition) is 3. The summed E-state index contributed by atoms with van der Waals surface area (Å²) < 4.78 is 11.2. The van der Waals surface area contributed by atoms with Gasteiger partial charge in [0.2, 0.25) is 0 Å². The van der Waals surface area contributed by atoms with E-state index in [2.05, 4.69) is 6.92 Å². The smallest absolute Gasteiger partial charge is 0.170 e. The minimum atomic E-state index is -0.458. The molecule has 0 saturated heterocycles. The fourth-order valence-electron chi connectivity index (χ4n) is 2.17. The topological polar surface area (TPSA) is 35.5 Å². The molecule has 0 atom stereocenters. The molecule has 0 aliphatic carbocycles. The number of ketones is 1. The van der Waals surface area contributed by atoms with E-state index in [1.54, 1.807) is 19.2 Å². The first-order valence-electron chi connectivity index (χ1n) is 5.70. The molecule has 3 nitrogen and oxygen atoms in total. The number of rotatable bonds is 2. The molecule has 0 fully saturated rings. The maximum absolute atomic E-state index is 12.0. The van der Waals surface area contributed by atoms with Crippen LogP contribution in [0.5, 0.6) is 11.5 Å². The van der Waals surface area contributed by atoms with Gasteiger partial charge in [-0.2, -0.15) is 0 Å². The summed E-state index contributed by atoms with van der Waals surface area (Å²) in [6.45, 7) is 7.71. The Morgan fingerprint density at radius 3 is 2.76 bits per heavy atom. The van der Waals surface area contributed by atoms with Gasteiger partial charge in [-0.3, -0.25) is 4.79 Å². The fourth-order valence-corrected chi connectivity index (χ4v) is 2.17. The summed E-state index contributed by atoms with van der Waals surface area (Å²) >= 11 is 0. The van der Waals surface area contributed by atoms with Crippen LogP contribution in [0.25, 0.3) is 0 Å². The average Bonchev–Trinajstić information content (AvgIpc) is 2.25. The van der Waals surface area contributed by atoms with E-state index < -0.39 is 5.60 Å². The van der Waals surface area contributed by atoms with Crippen molar-refractivity contribution in [1.82, 2.24) is 0 Å². The van der Waals surface area contributed by atoms with Crippen LogP contribution in [-0.2, 0) is 6.42 Å². The van der Waals surface area contributed by atoms with Crippen molar-refractivity contribution in [2.45, 2.75) is 32.3 Å². The maximum atomic E-state index is 12.0. The molecule has 1 aliphatic rings. The molecule has 17 heavy (non-hydrogen) atoms. The first kappa shape index (κ1) is 12.0. The van der Waals surface area contributed by atoms with Gasteiger partial charge in [0, 0.05) is 5.56 Å². The number of benzene rings is 1. The Kier molecular flexibility index (Phi) is 2.86. The molecule has 0 N–H and O–H groups in total. The highest BCUT2D eigenvalue weighted by molar-refractivity contribution is 6.01. The molecule has 0 saturated carbocycles. The molecular weight excluding hydrogens is 216 g/mol. The third-order valence-electron chi connectivity index (χ3n) is 2.95. The van der Waals surface area contributed by atoms with Crippen LogP contribution in [0.4, 0.5) is 0 Å². The number of hydrogen-bond donors (Lipinski definition) is 0. The Balaban J connectivity index is 2.61. The van der Waals surface area contributed by atoms with Gasteiger partial charge in [0.25, 0.3) is 0 Å². The highest BCUT2D eigenvalue weighted by atomic mass is 16.5. The van der Waals surface area contributed by atoms with Gasteiger partial charge >= 0.3 is 0 Å². The van der Waals surface area contributed by atoms with Gasteiger partial charge in [0.15, 0.2) is 5.78 Å². The molecule has 1 aromatic rings. The molecule has 0 spiro atoms. The lowest BCUT2D eigenvalue weighted by atomic mass is 9.91. The van der Waals surface area contributed by atoms with Gasteiger partial charge in [0.1, 0.15) is 17.1 Å². The van der Waals surface area contributed by atoms with Crippen LogP contribution in [0.2, 0.25) is 0 Å². The molecule has 0 amide bonds. The first-order valence-corrected chi connectivity index (χ1v) is 5.70.